The van der Waals surface area contributed by atoms with Crippen molar-refractivity contribution in [2.24, 2.45) is 0 Å². The number of rotatable bonds is 7. The molecule has 1 radical (unpaired) electrons. The van der Waals surface area contributed by atoms with Crippen LogP contribution in [0, 0.1) is 13.1 Å². The number of thiocarbonyl (C=S) groups is 1. The monoisotopic (exact) mass is 630 g/mol. The molecule has 2 N–H and O–H groups in total. The summed E-state index contributed by atoms with van der Waals surface area (Å²) in [7, 11) is -3.73. The van der Waals surface area contributed by atoms with Gasteiger partial charge in [0.1, 0.15) is 11.3 Å². The number of hydrogen-bond donors (Lipinski definition) is 2. The first kappa shape index (κ1) is 28.0. The molecular formula is C23H25N8O2S3Y-. The van der Waals surface area contributed by atoms with E-state index in [1.165, 1.54) is 11.3 Å². The van der Waals surface area contributed by atoms with E-state index in [1.807, 2.05) is 13.8 Å². The molecule has 0 spiro atoms. The fourth-order valence-corrected chi connectivity index (χ4v) is 6.38. The van der Waals surface area contributed by atoms with Gasteiger partial charge in [0.25, 0.3) is 10.0 Å². The number of hydrogen-bond acceptors (Lipinski definition) is 9. The minimum Gasteiger partial charge on any atom is -0.462 e. The minimum absolute atomic E-state index is 0. The second kappa shape index (κ2) is 11.8. The molecule has 37 heavy (non-hydrogen) atoms. The molecule has 4 aromatic rings. The van der Waals surface area contributed by atoms with Crippen LogP contribution in [-0.4, -0.2) is 69.6 Å². The number of piperazine rings is 1. The van der Waals surface area contributed by atoms with Crippen LogP contribution in [0.5, 0.6) is 0 Å². The number of nitrogens with zero attached hydrogens (tertiary/aromatic N) is 6. The van der Waals surface area contributed by atoms with Crippen molar-refractivity contribution in [1.82, 2.24) is 30.0 Å². The molecule has 0 unspecified atom stereocenters. The smallest absolute Gasteiger partial charge is 0.263 e. The van der Waals surface area contributed by atoms with Crippen LogP contribution in [0.3, 0.4) is 0 Å². The van der Waals surface area contributed by atoms with Crippen molar-refractivity contribution < 1.29 is 41.1 Å². The Morgan fingerprint density at radius 3 is 2.57 bits per heavy atom. The van der Waals surface area contributed by atoms with Gasteiger partial charge in [-0.3, -0.25) is 9.71 Å². The SMILES string of the molecule is CCc1nnc(NS(=O)(=O)c2ccc(CC(=S)N3CCN(c4ncnc5[nH][c-]c(C)c45)CC3)cc2)s1.[Y]. The third kappa shape index (κ3) is 6.17. The average Bonchev–Trinajstić information content (AvgIpc) is 3.50. The molecule has 1 aromatic carbocycles. The van der Waals surface area contributed by atoms with Crippen LogP contribution < -0.4 is 9.62 Å². The zero-order chi connectivity index (χ0) is 25.3. The zero-order valence-corrected chi connectivity index (χ0v) is 25.7. The molecule has 10 nitrogen and oxygen atoms in total. The molecule has 0 aliphatic carbocycles. The first-order valence-electron chi connectivity index (χ1n) is 11.5. The van der Waals surface area contributed by atoms with Gasteiger partial charge >= 0.3 is 0 Å². The summed E-state index contributed by atoms with van der Waals surface area (Å²) in [5.74, 6) is 0.922. The number of sulfonamides is 1. The summed E-state index contributed by atoms with van der Waals surface area (Å²) in [6, 6.07) is 6.79. The predicted molar refractivity (Wildman–Crippen MR) is 144 cm³/mol. The van der Waals surface area contributed by atoms with Gasteiger partial charge in [-0.15, -0.1) is 22.0 Å². The Morgan fingerprint density at radius 2 is 1.89 bits per heavy atom. The summed E-state index contributed by atoms with van der Waals surface area (Å²) < 4.78 is 27.9. The van der Waals surface area contributed by atoms with Gasteiger partial charge in [-0.25, -0.2) is 13.4 Å². The van der Waals surface area contributed by atoms with Crippen LogP contribution in [0.2, 0.25) is 0 Å². The molecular weight excluding hydrogens is 605 g/mol. The van der Waals surface area contributed by atoms with Crippen molar-refractivity contribution in [3.63, 3.8) is 0 Å². The van der Waals surface area contributed by atoms with E-state index in [4.69, 9.17) is 12.2 Å². The van der Waals surface area contributed by atoms with Crippen LogP contribution in [0.15, 0.2) is 35.5 Å². The van der Waals surface area contributed by atoms with E-state index in [0.717, 1.165) is 64.2 Å². The van der Waals surface area contributed by atoms with Crippen molar-refractivity contribution in [3.05, 3.63) is 52.9 Å². The Kier molecular flexibility index (Phi) is 8.90. The van der Waals surface area contributed by atoms with E-state index in [2.05, 4.69) is 45.9 Å². The van der Waals surface area contributed by atoms with Gasteiger partial charge in [-0.05, 0) is 29.8 Å². The minimum atomic E-state index is -3.73. The summed E-state index contributed by atoms with van der Waals surface area (Å²) in [6.07, 6.45) is 5.96. The molecule has 1 fully saturated rings. The Hall–Kier alpha value is -2.06. The summed E-state index contributed by atoms with van der Waals surface area (Å²) in [6.45, 7) is 7.11. The van der Waals surface area contributed by atoms with E-state index in [0.29, 0.717) is 12.8 Å². The van der Waals surface area contributed by atoms with Crippen LogP contribution in [0.25, 0.3) is 11.0 Å². The Labute approximate surface area is 250 Å². The number of aryl methyl sites for hydroxylation is 2. The predicted octanol–water partition coefficient (Wildman–Crippen LogP) is 2.97. The van der Waals surface area contributed by atoms with Crippen molar-refractivity contribution in [3.8, 4) is 0 Å². The molecule has 0 atom stereocenters. The molecule has 1 aliphatic heterocycles. The van der Waals surface area contributed by atoms with Crippen molar-refractivity contribution in [2.45, 2.75) is 31.6 Å². The summed E-state index contributed by atoms with van der Waals surface area (Å²) >= 11 is 6.96. The average molecular weight is 631 g/mol. The van der Waals surface area contributed by atoms with E-state index in [1.54, 1.807) is 30.6 Å². The van der Waals surface area contributed by atoms with Crippen molar-refractivity contribution in [2.75, 3.05) is 35.8 Å². The van der Waals surface area contributed by atoms with Crippen LogP contribution in [0.1, 0.15) is 23.1 Å². The van der Waals surface area contributed by atoms with Gasteiger partial charge in [-0.2, -0.15) is 0 Å². The zero-order valence-electron chi connectivity index (χ0n) is 20.4. The van der Waals surface area contributed by atoms with Gasteiger partial charge < -0.3 is 14.8 Å². The topological polar surface area (TPSA) is 120 Å². The fourth-order valence-electron chi connectivity index (χ4n) is 4.12. The number of H-pyrrole nitrogens is 1. The molecule has 3 aromatic heterocycles. The first-order valence-corrected chi connectivity index (χ1v) is 14.2. The van der Waals surface area contributed by atoms with Gasteiger partial charge in [0.2, 0.25) is 5.13 Å². The van der Waals surface area contributed by atoms with Crippen LogP contribution >= 0.6 is 23.6 Å². The van der Waals surface area contributed by atoms with Crippen molar-refractivity contribution in [1.29, 1.82) is 0 Å². The summed E-state index contributed by atoms with van der Waals surface area (Å²) in [4.78, 5) is 17.4. The maximum atomic E-state index is 12.7. The van der Waals surface area contributed by atoms with E-state index in [9.17, 15) is 8.42 Å². The first-order chi connectivity index (χ1) is 17.3. The Morgan fingerprint density at radius 1 is 1.16 bits per heavy atom. The van der Waals surface area contributed by atoms with E-state index < -0.39 is 10.0 Å². The van der Waals surface area contributed by atoms with E-state index >= 15 is 0 Å². The molecule has 1 saturated heterocycles. The number of nitrogens with one attached hydrogen (secondary N) is 2. The number of aromatic amines is 1. The molecule has 0 saturated carbocycles. The van der Waals surface area contributed by atoms with Gasteiger partial charge in [0, 0.05) is 65.3 Å². The number of anilines is 2. The maximum Gasteiger partial charge on any atom is 0.263 e. The Balaban J connectivity index is 0.00000320. The van der Waals surface area contributed by atoms with E-state index in [-0.39, 0.29) is 42.7 Å². The third-order valence-electron chi connectivity index (χ3n) is 6.08. The normalized spacial score (nSPS) is 14.0. The molecule has 4 heterocycles. The molecule has 14 heteroatoms. The molecule has 0 amide bonds. The molecule has 191 valence electrons. The second-order valence-corrected chi connectivity index (χ2v) is 11.7. The number of fused-ring (bicyclic) bond motifs is 1. The second-order valence-electron chi connectivity index (χ2n) is 8.44. The molecule has 1 aliphatic rings. The maximum absolute atomic E-state index is 12.7. The summed E-state index contributed by atoms with van der Waals surface area (Å²) in [5, 5.41) is 9.90. The largest absolute Gasteiger partial charge is 0.462 e. The van der Waals surface area contributed by atoms with Gasteiger partial charge in [-0.1, -0.05) is 54.9 Å². The van der Waals surface area contributed by atoms with Gasteiger partial charge in [0.05, 0.1) is 15.7 Å². The summed E-state index contributed by atoms with van der Waals surface area (Å²) in [5.41, 5.74) is 2.76. The van der Waals surface area contributed by atoms with Crippen molar-refractivity contribution >= 4 is 60.5 Å². The molecule has 0 bridgehead atoms. The number of benzene rings is 1. The molecule has 5 rings (SSSR count). The van der Waals surface area contributed by atoms with Crippen LogP contribution in [-0.2, 0) is 55.6 Å². The van der Waals surface area contributed by atoms with Crippen LogP contribution in [0.4, 0.5) is 10.9 Å². The quantitative estimate of drug-likeness (QED) is 0.235. The number of aromatic nitrogens is 5. The fraction of sp³-hybridized carbons (Fsp3) is 0.348. The van der Waals surface area contributed by atoms with Gasteiger partial charge in [0.15, 0.2) is 0 Å². The Bertz CT molecular complexity index is 1500. The third-order valence-corrected chi connectivity index (χ3v) is 8.95. The standard InChI is InChI=1S/C23H25N8O2S3.Y/c1-3-18-27-28-23(35-18)29-36(32,33)17-6-4-16(5-7-17)12-19(34)30-8-10-31(11-9-30)22-20-15(2)13-24-21(20)25-14-26-22;/h4-7,14H,3,8-12H2,1-2H3,(H,28,29)(H,24,25,26);/q-1;.